The molecular weight excluding hydrogens is 379 g/mol. The minimum Gasteiger partial charge on any atom is -0.493 e. The number of urea groups is 1. The van der Waals surface area contributed by atoms with Crippen LogP contribution in [0.25, 0.3) is 10.9 Å². The fourth-order valence-electron chi connectivity index (χ4n) is 2.78. The first-order valence-corrected chi connectivity index (χ1v) is 8.99. The van der Waals surface area contributed by atoms with Gasteiger partial charge in [-0.1, -0.05) is 0 Å². The molecule has 0 aliphatic heterocycles. The van der Waals surface area contributed by atoms with E-state index in [-0.39, 0.29) is 23.4 Å². The average Bonchev–Trinajstić information content (AvgIpc) is 3.53. The number of carbonyl (C=O) groups excluding carboxylic acids is 1. The van der Waals surface area contributed by atoms with Crippen LogP contribution < -0.4 is 24.8 Å². The normalized spacial score (nSPS) is 13.1. The second-order valence-electron chi connectivity index (χ2n) is 6.52. The van der Waals surface area contributed by atoms with Crippen LogP contribution in [0, 0.1) is 5.82 Å². The Labute approximate surface area is 166 Å². The Morgan fingerprint density at radius 1 is 1.10 bits per heavy atom. The van der Waals surface area contributed by atoms with Gasteiger partial charge < -0.3 is 24.8 Å². The molecule has 1 aliphatic carbocycles. The van der Waals surface area contributed by atoms with E-state index in [1.165, 1.54) is 32.7 Å². The van der Waals surface area contributed by atoms with Crippen molar-refractivity contribution >= 4 is 22.6 Å². The molecule has 4 rings (SSSR count). The number of anilines is 1. The second-order valence-corrected chi connectivity index (χ2v) is 6.52. The Balaban J connectivity index is 1.57. The molecule has 2 aromatic carbocycles. The van der Waals surface area contributed by atoms with Gasteiger partial charge in [0.15, 0.2) is 11.5 Å². The molecule has 0 radical (unpaired) electrons. The third kappa shape index (κ3) is 4.13. The Bertz CT molecular complexity index is 1070. The second kappa shape index (κ2) is 7.78. The smallest absolute Gasteiger partial charge is 0.319 e. The predicted molar refractivity (Wildman–Crippen MR) is 104 cm³/mol. The van der Waals surface area contributed by atoms with Crippen molar-refractivity contribution in [2.24, 2.45) is 0 Å². The molecule has 0 atom stereocenters. The molecule has 29 heavy (non-hydrogen) atoms. The van der Waals surface area contributed by atoms with E-state index in [1.54, 1.807) is 18.2 Å². The van der Waals surface area contributed by atoms with Gasteiger partial charge in [0.25, 0.3) is 0 Å². The topological polar surface area (TPSA) is 94.6 Å². The van der Waals surface area contributed by atoms with E-state index in [4.69, 9.17) is 14.2 Å². The maximum Gasteiger partial charge on any atom is 0.319 e. The molecular formula is C20H19FN4O4. The van der Waals surface area contributed by atoms with Gasteiger partial charge >= 0.3 is 6.03 Å². The van der Waals surface area contributed by atoms with Crippen molar-refractivity contribution in [2.75, 3.05) is 19.5 Å². The van der Waals surface area contributed by atoms with Gasteiger partial charge in [-0.3, -0.25) is 0 Å². The highest BCUT2D eigenvalue weighted by Gasteiger charge is 2.23. The summed E-state index contributed by atoms with van der Waals surface area (Å²) in [5.74, 6) is 0.863. The SMILES string of the molecule is COc1cc2ncnc(Oc3ccc(NC(=O)NC4CC4)c(F)c3)c2cc1OC. The van der Waals surface area contributed by atoms with Gasteiger partial charge in [0.2, 0.25) is 5.88 Å². The highest BCUT2D eigenvalue weighted by atomic mass is 19.1. The van der Waals surface area contributed by atoms with Gasteiger partial charge in [-0.15, -0.1) is 0 Å². The number of nitrogens with zero attached hydrogens (tertiary/aromatic N) is 2. The average molecular weight is 398 g/mol. The minimum absolute atomic E-state index is 0.0643. The molecule has 1 aromatic heterocycles. The summed E-state index contributed by atoms with van der Waals surface area (Å²) in [4.78, 5) is 20.1. The fraction of sp³-hybridized carbons (Fsp3) is 0.250. The number of ether oxygens (including phenoxy) is 3. The Hall–Kier alpha value is -3.62. The molecule has 0 bridgehead atoms. The number of hydrogen-bond acceptors (Lipinski definition) is 6. The minimum atomic E-state index is -0.619. The molecule has 2 N–H and O–H groups in total. The number of halogens is 1. The van der Waals surface area contributed by atoms with E-state index in [0.29, 0.717) is 22.4 Å². The summed E-state index contributed by atoms with van der Waals surface area (Å²) in [5, 5.41) is 5.81. The van der Waals surface area contributed by atoms with E-state index >= 15 is 0 Å². The summed E-state index contributed by atoms with van der Waals surface area (Å²) >= 11 is 0. The largest absolute Gasteiger partial charge is 0.493 e. The van der Waals surface area contributed by atoms with Gasteiger partial charge in [0, 0.05) is 18.2 Å². The van der Waals surface area contributed by atoms with Crippen LogP contribution in [0.2, 0.25) is 0 Å². The quantitative estimate of drug-likeness (QED) is 0.655. The van der Waals surface area contributed by atoms with Gasteiger partial charge in [0.05, 0.1) is 30.8 Å². The highest BCUT2D eigenvalue weighted by Crippen LogP contribution is 2.36. The van der Waals surface area contributed by atoms with Crippen molar-refractivity contribution in [2.45, 2.75) is 18.9 Å². The van der Waals surface area contributed by atoms with E-state index in [2.05, 4.69) is 20.6 Å². The summed E-state index contributed by atoms with van der Waals surface area (Å²) in [6, 6.07) is 7.31. The lowest BCUT2D eigenvalue weighted by atomic mass is 10.2. The fourth-order valence-corrected chi connectivity index (χ4v) is 2.78. The van der Waals surface area contributed by atoms with E-state index < -0.39 is 11.8 Å². The monoisotopic (exact) mass is 398 g/mol. The zero-order valence-corrected chi connectivity index (χ0v) is 15.9. The lowest BCUT2D eigenvalue weighted by Crippen LogP contribution is -2.30. The number of carbonyl (C=O) groups is 1. The van der Waals surface area contributed by atoms with Crippen LogP contribution in [0.15, 0.2) is 36.7 Å². The lowest BCUT2D eigenvalue weighted by Gasteiger charge is -2.12. The zero-order valence-electron chi connectivity index (χ0n) is 15.9. The summed E-state index contributed by atoms with van der Waals surface area (Å²) in [6.07, 6.45) is 3.25. The number of rotatable bonds is 6. The molecule has 0 unspecified atom stereocenters. The summed E-state index contributed by atoms with van der Waals surface area (Å²) in [7, 11) is 3.06. The van der Waals surface area contributed by atoms with Crippen LogP contribution >= 0.6 is 0 Å². The van der Waals surface area contributed by atoms with Crippen LogP contribution in [0.5, 0.6) is 23.1 Å². The van der Waals surface area contributed by atoms with Crippen molar-refractivity contribution in [1.29, 1.82) is 0 Å². The number of nitrogens with one attached hydrogen (secondary N) is 2. The van der Waals surface area contributed by atoms with E-state index in [1.807, 2.05) is 0 Å². The molecule has 1 heterocycles. The van der Waals surface area contributed by atoms with Crippen molar-refractivity contribution in [1.82, 2.24) is 15.3 Å². The molecule has 3 aromatic rings. The number of hydrogen-bond donors (Lipinski definition) is 2. The van der Waals surface area contributed by atoms with Crippen LogP contribution in [-0.2, 0) is 0 Å². The Morgan fingerprint density at radius 3 is 2.55 bits per heavy atom. The maximum atomic E-state index is 14.4. The first-order chi connectivity index (χ1) is 14.1. The Kier molecular flexibility index (Phi) is 5.03. The van der Waals surface area contributed by atoms with Gasteiger partial charge in [0.1, 0.15) is 17.9 Å². The van der Waals surface area contributed by atoms with Crippen molar-refractivity contribution in [3.8, 4) is 23.1 Å². The Morgan fingerprint density at radius 2 is 1.86 bits per heavy atom. The van der Waals surface area contributed by atoms with Crippen molar-refractivity contribution in [3.05, 3.63) is 42.5 Å². The van der Waals surface area contributed by atoms with Gasteiger partial charge in [-0.2, -0.15) is 0 Å². The van der Waals surface area contributed by atoms with Crippen molar-refractivity contribution in [3.63, 3.8) is 0 Å². The molecule has 0 spiro atoms. The highest BCUT2D eigenvalue weighted by molar-refractivity contribution is 5.90. The van der Waals surface area contributed by atoms with Crippen LogP contribution in [0.3, 0.4) is 0 Å². The molecule has 1 aliphatic rings. The number of fused-ring (bicyclic) bond motifs is 1. The standard InChI is InChI=1S/C20H19FN4O4/c1-27-17-8-13-16(9-18(17)28-2)22-10-23-19(13)29-12-5-6-15(14(21)7-12)25-20(26)24-11-3-4-11/h5-11H,3-4H2,1-2H3,(H2,24,25,26). The molecule has 2 amide bonds. The molecule has 150 valence electrons. The molecule has 0 saturated heterocycles. The number of methoxy groups -OCH3 is 2. The number of amides is 2. The van der Waals surface area contributed by atoms with Crippen LogP contribution in [0.4, 0.5) is 14.9 Å². The maximum absolute atomic E-state index is 14.4. The van der Waals surface area contributed by atoms with Crippen molar-refractivity contribution < 1.29 is 23.4 Å². The van der Waals surface area contributed by atoms with Gasteiger partial charge in [-0.05, 0) is 31.0 Å². The first kappa shape index (κ1) is 18.7. The number of benzene rings is 2. The molecule has 1 fully saturated rings. The lowest BCUT2D eigenvalue weighted by molar-refractivity contribution is 0.251. The van der Waals surface area contributed by atoms with Crippen LogP contribution in [-0.4, -0.2) is 36.3 Å². The molecule has 9 heteroatoms. The van der Waals surface area contributed by atoms with Gasteiger partial charge in [-0.25, -0.2) is 19.2 Å². The summed E-state index contributed by atoms with van der Waals surface area (Å²) in [6.45, 7) is 0. The molecule has 1 saturated carbocycles. The summed E-state index contributed by atoms with van der Waals surface area (Å²) in [5.41, 5.74) is 0.651. The van der Waals surface area contributed by atoms with Crippen LogP contribution in [0.1, 0.15) is 12.8 Å². The third-order valence-corrected chi connectivity index (χ3v) is 4.42. The molecule has 8 nitrogen and oxygen atoms in total. The number of aromatic nitrogens is 2. The third-order valence-electron chi connectivity index (χ3n) is 4.42. The van der Waals surface area contributed by atoms with E-state index in [9.17, 15) is 9.18 Å². The van der Waals surface area contributed by atoms with E-state index in [0.717, 1.165) is 12.8 Å². The zero-order chi connectivity index (χ0) is 20.4. The first-order valence-electron chi connectivity index (χ1n) is 8.99. The predicted octanol–water partition coefficient (Wildman–Crippen LogP) is 3.86. The summed E-state index contributed by atoms with van der Waals surface area (Å²) < 4.78 is 30.8.